The molecule has 1 N–H and O–H groups in total. The normalized spacial score (nSPS) is 12.2. The third kappa shape index (κ3) is 4.55. The molecule has 1 atom stereocenters. The summed E-state index contributed by atoms with van der Waals surface area (Å²) in [5, 5.41) is 4.20. The highest BCUT2D eigenvalue weighted by Gasteiger charge is 2.04. The number of benzene rings is 2. The van der Waals surface area contributed by atoms with E-state index >= 15 is 0 Å². The molecule has 0 amide bonds. The Morgan fingerprint density at radius 3 is 2.70 bits per heavy atom. The van der Waals surface area contributed by atoms with E-state index in [2.05, 4.69) is 31.3 Å². The average Bonchev–Trinajstić information content (AvgIpc) is 2.43. The van der Waals surface area contributed by atoms with Crippen LogP contribution in [0.2, 0.25) is 5.02 Å². The lowest BCUT2D eigenvalue weighted by Crippen LogP contribution is -2.24. The van der Waals surface area contributed by atoms with Crippen molar-refractivity contribution in [1.82, 2.24) is 5.32 Å². The highest BCUT2D eigenvalue weighted by Crippen LogP contribution is 2.17. The lowest BCUT2D eigenvalue weighted by Gasteiger charge is -2.15. The van der Waals surface area contributed by atoms with Crippen molar-refractivity contribution in [2.45, 2.75) is 19.9 Å². The van der Waals surface area contributed by atoms with Crippen LogP contribution in [0.1, 0.15) is 24.1 Å². The maximum absolute atomic E-state index is 5.99. The SMILES string of the molecule is Cc1cccc(OCCNC(C)c2cccc(Cl)c2)c1. The molecular formula is C17H20ClNO. The molecule has 106 valence electrons. The third-order valence-corrected chi connectivity index (χ3v) is 3.39. The van der Waals surface area contributed by atoms with Crippen LogP contribution in [0.5, 0.6) is 5.75 Å². The van der Waals surface area contributed by atoms with Gasteiger partial charge in [0.15, 0.2) is 0 Å². The van der Waals surface area contributed by atoms with Gasteiger partial charge >= 0.3 is 0 Å². The molecule has 0 aliphatic carbocycles. The van der Waals surface area contributed by atoms with Crippen LogP contribution in [0.3, 0.4) is 0 Å². The van der Waals surface area contributed by atoms with Gasteiger partial charge in [-0.25, -0.2) is 0 Å². The predicted octanol–water partition coefficient (Wildman–Crippen LogP) is 4.38. The van der Waals surface area contributed by atoms with Crippen molar-refractivity contribution in [2.75, 3.05) is 13.2 Å². The minimum absolute atomic E-state index is 0.259. The Kier molecular flexibility index (Phi) is 5.45. The number of nitrogens with one attached hydrogen (secondary N) is 1. The highest BCUT2D eigenvalue weighted by atomic mass is 35.5. The molecule has 0 saturated carbocycles. The predicted molar refractivity (Wildman–Crippen MR) is 84.5 cm³/mol. The van der Waals surface area contributed by atoms with Crippen LogP contribution in [0.4, 0.5) is 0 Å². The van der Waals surface area contributed by atoms with Crippen LogP contribution in [-0.2, 0) is 0 Å². The first-order chi connectivity index (χ1) is 9.65. The monoisotopic (exact) mass is 289 g/mol. The van der Waals surface area contributed by atoms with E-state index in [9.17, 15) is 0 Å². The van der Waals surface area contributed by atoms with E-state index in [1.165, 1.54) is 11.1 Å². The van der Waals surface area contributed by atoms with Gasteiger partial charge in [-0.3, -0.25) is 0 Å². The fourth-order valence-electron chi connectivity index (χ4n) is 2.04. The largest absolute Gasteiger partial charge is 0.492 e. The third-order valence-electron chi connectivity index (χ3n) is 3.16. The Morgan fingerprint density at radius 1 is 1.15 bits per heavy atom. The second kappa shape index (κ2) is 7.32. The Morgan fingerprint density at radius 2 is 1.95 bits per heavy atom. The summed E-state index contributed by atoms with van der Waals surface area (Å²) in [6.45, 7) is 5.63. The van der Waals surface area contributed by atoms with Gasteiger partial charge in [-0.05, 0) is 49.2 Å². The number of hydrogen-bond acceptors (Lipinski definition) is 2. The summed E-state index contributed by atoms with van der Waals surface area (Å²) in [4.78, 5) is 0. The maximum Gasteiger partial charge on any atom is 0.119 e. The summed E-state index contributed by atoms with van der Waals surface area (Å²) in [5.74, 6) is 0.919. The molecule has 0 saturated heterocycles. The summed E-state index contributed by atoms with van der Waals surface area (Å²) in [6.07, 6.45) is 0. The first kappa shape index (κ1) is 14.9. The molecule has 0 radical (unpaired) electrons. The number of halogens is 1. The second-order valence-corrected chi connectivity index (χ2v) is 5.33. The molecular weight excluding hydrogens is 270 g/mol. The van der Waals surface area contributed by atoms with Gasteiger partial charge in [0, 0.05) is 17.6 Å². The van der Waals surface area contributed by atoms with Gasteiger partial charge in [-0.15, -0.1) is 0 Å². The molecule has 2 aromatic rings. The van der Waals surface area contributed by atoms with Crippen LogP contribution < -0.4 is 10.1 Å². The molecule has 3 heteroatoms. The zero-order valence-corrected chi connectivity index (χ0v) is 12.7. The fourth-order valence-corrected chi connectivity index (χ4v) is 2.24. The Balaban J connectivity index is 1.76. The van der Waals surface area contributed by atoms with Crippen molar-refractivity contribution in [2.24, 2.45) is 0 Å². The van der Waals surface area contributed by atoms with Gasteiger partial charge in [-0.1, -0.05) is 35.9 Å². The summed E-state index contributed by atoms with van der Waals surface area (Å²) >= 11 is 5.99. The van der Waals surface area contributed by atoms with E-state index in [1.54, 1.807) is 0 Å². The van der Waals surface area contributed by atoms with E-state index in [-0.39, 0.29) is 6.04 Å². The molecule has 0 aliphatic heterocycles. The van der Waals surface area contributed by atoms with E-state index in [4.69, 9.17) is 16.3 Å². The summed E-state index contributed by atoms with van der Waals surface area (Å²) in [5.41, 5.74) is 2.40. The fraction of sp³-hybridized carbons (Fsp3) is 0.294. The standard InChI is InChI=1S/C17H20ClNO/c1-13-5-3-8-17(11-13)20-10-9-19-14(2)15-6-4-7-16(18)12-15/h3-8,11-12,14,19H,9-10H2,1-2H3. The molecule has 0 aliphatic rings. The van der Waals surface area contributed by atoms with E-state index < -0.39 is 0 Å². The number of hydrogen-bond donors (Lipinski definition) is 1. The topological polar surface area (TPSA) is 21.3 Å². The quantitative estimate of drug-likeness (QED) is 0.797. The molecule has 0 spiro atoms. The van der Waals surface area contributed by atoms with Crippen molar-refractivity contribution in [3.05, 3.63) is 64.7 Å². The summed E-state index contributed by atoms with van der Waals surface area (Å²) in [6, 6.07) is 16.3. The lowest BCUT2D eigenvalue weighted by atomic mass is 10.1. The van der Waals surface area contributed by atoms with Gasteiger partial charge in [0.1, 0.15) is 12.4 Å². The van der Waals surface area contributed by atoms with Crippen LogP contribution >= 0.6 is 11.6 Å². The highest BCUT2D eigenvalue weighted by molar-refractivity contribution is 6.30. The summed E-state index contributed by atoms with van der Waals surface area (Å²) < 4.78 is 5.71. The molecule has 20 heavy (non-hydrogen) atoms. The number of rotatable bonds is 6. The second-order valence-electron chi connectivity index (χ2n) is 4.90. The minimum Gasteiger partial charge on any atom is -0.492 e. The van der Waals surface area contributed by atoms with Gasteiger partial charge in [0.05, 0.1) is 0 Å². The zero-order chi connectivity index (χ0) is 14.4. The van der Waals surface area contributed by atoms with Gasteiger partial charge < -0.3 is 10.1 Å². The molecule has 0 fully saturated rings. The lowest BCUT2D eigenvalue weighted by molar-refractivity contribution is 0.307. The Hall–Kier alpha value is -1.51. The molecule has 2 rings (SSSR count). The zero-order valence-electron chi connectivity index (χ0n) is 11.9. The van der Waals surface area contributed by atoms with Crippen molar-refractivity contribution >= 4 is 11.6 Å². The number of ether oxygens (including phenoxy) is 1. The number of aryl methyl sites for hydroxylation is 1. The molecule has 1 unspecified atom stereocenters. The van der Waals surface area contributed by atoms with Gasteiger partial charge in [0.2, 0.25) is 0 Å². The minimum atomic E-state index is 0.259. The van der Waals surface area contributed by atoms with Crippen LogP contribution in [0.25, 0.3) is 0 Å². The van der Waals surface area contributed by atoms with E-state index in [0.717, 1.165) is 17.3 Å². The van der Waals surface area contributed by atoms with Crippen molar-refractivity contribution in [3.63, 3.8) is 0 Å². The Labute approximate surface area is 125 Å². The van der Waals surface area contributed by atoms with Crippen LogP contribution in [-0.4, -0.2) is 13.2 Å². The summed E-state index contributed by atoms with van der Waals surface area (Å²) in [7, 11) is 0. The Bertz CT molecular complexity index is 556. The molecule has 0 heterocycles. The van der Waals surface area contributed by atoms with Crippen molar-refractivity contribution in [1.29, 1.82) is 0 Å². The van der Waals surface area contributed by atoms with Crippen molar-refractivity contribution < 1.29 is 4.74 Å². The molecule has 0 bridgehead atoms. The first-order valence-corrected chi connectivity index (χ1v) is 7.21. The van der Waals surface area contributed by atoms with Gasteiger partial charge in [0.25, 0.3) is 0 Å². The maximum atomic E-state index is 5.99. The van der Waals surface area contributed by atoms with Crippen LogP contribution in [0, 0.1) is 6.92 Å². The first-order valence-electron chi connectivity index (χ1n) is 6.83. The average molecular weight is 290 g/mol. The molecule has 0 aromatic heterocycles. The smallest absolute Gasteiger partial charge is 0.119 e. The van der Waals surface area contributed by atoms with Gasteiger partial charge in [-0.2, -0.15) is 0 Å². The van der Waals surface area contributed by atoms with Crippen LogP contribution in [0.15, 0.2) is 48.5 Å². The van der Waals surface area contributed by atoms with Crippen molar-refractivity contribution in [3.8, 4) is 5.75 Å². The molecule has 2 nitrogen and oxygen atoms in total. The van der Waals surface area contributed by atoms with E-state index in [1.807, 2.05) is 36.4 Å². The molecule has 2 aromatic carbocycles. The van der Waals surface area contributed by atoms with E-state index in [0.29, 0.717) is 6.61 Å².